The monoisotopic (exact) mass is 148 g/mol. The molecule has 1 aromatic carbocycles. The number of hydrogen-bond donors (Lipinski definition) is 0. The fourth-order valence-electron chi connectivity index (χ4n) is 0.975. The third-order valence-electron chi connectivity index (χ3n) is 1.60. The Morgan fingerprint density at radius 2 is 2.00 bits per heavy atom. The zero-order valence-corrected chi connectivity index (χ0v) is 6.65. The van der Waals surface area contributed by atoms with Gasteiger partial charge in [-0.1, -0.05) is 18.2 Å². The predicted octanol–water partition coefficient (Wildman–Crippen LogP) is 2.20. The lowest BCUT2D eigenvalue weighted by atomic mass is 10.2. The molecule has 0 bridgehead atoms. The van der Waals surface area contributed by atoms with Crippen molar-refractivity contribution in [2.24, 2.45) is 0 Å². The maximum Gasteiger partial charge on any atom is 0.310 e. The van der Waals surface area contributed by atoms with E-state index in [2.05, 4.69) is 5.08 Å². The number of benzene rings is 1. The first-order valence-corrected chi connectivity index (χ1v) is 3.40. The topological polar surface area (TPSA) is 31.4 Å². The number of anilines is 1. The van der Waals surface area contributed by atoms with Crippen LogP contribution in [0, 0.1) is 12.3 Å². The van der Waals surface area contributed by atoms with Gasteiger partial charge in [0.05, 0.1) is 7.05 Å². The molecule has 0 saturated carbocycles. The van der Waals surface area contributed by atoms with Gasteiger partial charge in [-0.25, -0.2) is 0 Å². The van der Waals surface area contributed by atoms with Gasteiger partial charge in [0.2, 0.25) is 0 Å². The van der Waals surface area contributed by atoms with Crippen LogP contribution in [-0.2, 0) is 0 Å². The Morgan fingerprint density at radius 1 is 1.36 bits per heavy atom. The van der Waals surface area contributed by atoms with Crippen molar-refractivity contribution >= 4 is 5.69 Å². The second-order valence-electron chi connectivity index (χ2n) is 2.40. The minimum absolute atomic E-state index is 0.912. The fourth-order valence-corrected chi connectivity index (χ4v) is 0.975. The van der Waals surface area contributed by atoms with E-state index in [0.29, 0.717) is 0 Å². The summed E-state index contributed by atoms with van der Waals surface area (Å²) >= 11 is 0. The molecular weight excluding hydrogens is 138 g/mol. The van der Waals surface area contributed by atoms with Gasteiger partial charge in [0.25, 0.3) is 5.39 Å². The van der Waals surface area contributed by atoms with Crippen LogP contribution in [0.1, 0.15) is 5.56 Å². The Labute approximate surface area is 65.9 Å². The molecule has 0 fully saturated rings. The molecule has 0 heterocycles. The van der Waals surface area contributed by atoms with Crippen LogP contribution < -0.4 is 5.01 Å². The molecule has 0 amide bonds. The van der Waals surface area contributed by atoms with Crippen molar-refractivity contribution < 1.29 is 0 Å². The summed E-state index contributed by atoms with van der Waals surface area (Å²) in [7, 11) is 1.70. The number of aryl methyl sites for hydroxylation is 1. The highest BCUT2D eigenvalue weighted by Gasteiger charge is 2.10. The molecule has 0 aliphatic rings. The van der Waals surface area contributed by atoms with Gasteiger partial charge in [-0.15, -0.1) is 0 Å². The minimum atomic E-state index is 0.912. The van der Waals surface area contributed by atoms with Gasteiger partial charge in [-0.2, -0.15) is 0 Å². The SMILES string of the molecule is Cc1ccccc1N(C)[N+]#N. The second kappa shape index (κ2) is 3.02. The van der Waals surface area contributed by atoms with Crippen LogP contribution in [0.3, 0.4) is 0 Å². The first kappa shape index (κ1) is 7.55. The smallest absolute Gasteiger partial charge is 0.0618 e. The molecule has 11 heavy (non-hydrogen) atoms. The Bertz CT molecular complexity index is 288. The molecule has 3 heteroatoms. The first-order chi connectivity index (χ1) is 5.25. The average molecular weight is 148 g/mol. The minimum Gasteiger partial charge on any atom is -0.0618 e. The van der Waals surface area contributed by atoms with Crippen molar-refractivity contribution in [2.45, 2.75) is 6.92 Å². The molecule has 0 radical (unpaired) electrons. The lowest BCUT2D eigenvalue weighted by Crippen LogP contribution is -2.05. The van der Waals surface area contributed by atoms with Crippen molar-refractivity contribution in [1.29, 1.82) is 5.39 Å². The molecule has 0 aliphatic carbocycles. The van der Waals surface area contributed by atoms with Crippen LogP contribution in [0.25, 0.3) is 5.08 Å². The van der Waals surface area contributed by atoms with Gasteiger partial charge in [-0.3, -0.25) is 0 Å². The van der Waals surface area contributed by atoms with Crippen molar-refractivity contribution in [1.82, 2.24) is 0 Å². The standard InChI is InChI=1S/C8H10N3/c1-7-5-3-4-6-8(7)11(2)10-9/h3-6H,1-2H3/q+1. The maximum absolute atomic E-state index is 8.46. The number of hydrogen-bond acceptors (Lipinski definition) is 2. The molecule has 0 N–H and O–H groups in total. The largest absolute Gasteiger partial charge is 0.310 e. The second-order valence-corrected chi connectivity index (χ2v) is 2.40. The lowest BCUT2D eigenvalue weighted by molar-refractivity contribution is 1.12. The predicted molar refractivity (Wildman–Crippen MR) is 44.7 cm³/mol. The van der Waals surface area contributed by atoms with Crippen LogP contribution in [-0.4, -0.2) is 7.05 Å². The molecule has 0 aliphatic heterocycles. The number of rotatable bonds is 1. The number of diazo groups is 1. The van der Waals surface area contributed by atoms with E-state index in [9.17, 15) is 0 Å². The molecule has 1 rings (SSSR count). The van der Waals surface area contributed by atoms with E-state index in [1.807, 2.05) is 31.2 Å². The summed E-state index contributed by atoms with van der Waals surface area (Å²) in [6, 6.07) is 7.72. The molecule has 0 spiro atoms. The molecule has 0 saturated heterocycles. The fraction of sp³-hybridized carbons (Fsp3) is 0.250. The normalized spacial score (nSPS) is 8.82. The van der Waals surface area contributed by atoms with Crippen molar-refractivity contribution in [3.63, 3.8) is 0 Å². The van der Waals surface area contributed by atoms with Gasteiger partial charge in [0.15, 0.2) is 0 Å². The van der Waals surface area contributed by atoms with E-state index in [1.165, 1.54) is 5.01 Å². The molecule has 1 aromatic rings. The van der Waals surface area contributed by atoms with Gasteiger partial charge in [0.1, 0.15) is 5.69 Å². The number of nitrogens with zero attached hydrogens (tertiary/aromatic N) is 3. The zero-order chi connectivity index (χ0) is 8.27. The van der Waals surface area contributed by atoms with Gasteiger partial charge in [0, 0.05) is 0 Å². The van der Waals surface area contributed by atoms with E-state index in [1.54, 1.807) is 7.05 Å². The number of para-hydroxylation sites is 1. The maximum atomic E-state index is 8.46. The summed E-state index contributed by atoms with van der Waals surface area (Å²) in [6.45, 7) is 1.97. The Kier molecular flexibility index (Phi) is 2.07. The third-order valence-corrected chi connectivity index (χ3v) is 1.60. The third kappa shape index (κ3) is 1.47. The van der Waals surface area contributed by atoms with Crippen LogP contribution in [0.4, 0.5) is 5.69 Å². The highest BCUT2D eigenvalue weighted by molar-refractivity contribution is 5.52. The summed E-state index contributed by atoms with van der Waals surface area (Å²) in [5.41, 5.74) is 2.00. The van der Waals surface area contributed by atoms with Crippen molar-refractivity contribution in [3.8, 4) is 0 Å². The molecule has 0 unspecified atom stereocenters. The van der Waals surface area contributed by atoms with Gasteiger partial charge < -0.3 is 0 Å². The van der Waals surface area contributed by atoms with Crippen molar-refractivity contribution in [2.75, 3.05) is 12.1 Å². The highest BCUT2D eigenvalue weighted by Crippen LogP contribution is 2.17. The van der Waals surface area contributed by atoms with E-state index in [-0.39, 0.29) is 0 Å². The summed E-state index contributed by atoms with van der Waals surface area (Å²) in [5.74, 6) is 0. The Morgan fingerprint density at radius 3 is 2.55 bits per heavy atom. The highest BCUT2D eigenvalue weighted by atomic mass is 15.5. The molecular formula is C8H10N3+. The molecule has 56 valence electrons. The van der Waals surface area contributed by atoms with Crippen LogP contribution in [0.15, 0.2) is 24.3 Å². The van der Waals surface area contributed by atoms with Crippen LogP contribution in [0.2, 0.25) is 0 Å². The summed E-state index contributed by atoms with van der Waals surface area (Å²) in [5, 5.41) is 12.9. The van der Waals surface area contributed by atoms with Gasteiger partial charge in [-0.05, 0) is 23.6 Å². The van der Waals surface area contributed by atoms with E-state index in [4.69, 9.17) is 5.39 Å². The quantitative estimate of drug-likeness (QED) is 0.451. The summed E-state index contributed by atoms with van der Waals surface area (Å²) in [6.07, 6.45) is 0. The van der Waals surface area contributed by atoms with Crippen LogP contribution in [0.5, 0.6) is 0 Å². The summed E-state index contributed by atoms with van der Waals surface area (Å²) in [4.78, 5) is 0. The van der Waals surface area contributed by atoms with E-state index < -0.39 is 0 Å². The van der Waals surface area contributed by atoms with Gasteiger partial charge >= 0.3 is 5.08 Å². The lowest BCUT2D eigenvalue weighted by Gasteiger charge is -2.00. The molecule has 0 atom stereocenters. The van der Waals surface area contributed by atoms with E-state index in [0.717, 1.165) is 11.3 Å². The summed E-state index contributed by atoms with van der Waals surface area (Å²) < 4.78 is 0. The first-order valence-electron chi connectivity index (χ1n) is 3.40. The molecule has 0 aromatic heterocycles. The molecule has 3 nitrogen and oxygen atoms in total. The Balaban J connectivity index is 3.05. The van der Waals surface area contributed by atoms with Crippen molar-refractivity contribution in [3.05, 3.63) is 34.9 Å². The van der Waals surface area contributed by atoms with Crippen LogP contribution >= 0.6 is 0 Å². The average Bonchev–Trinajstić information content (AvgIpc) is 2.04. The Hall–Kier alpha value is -1.56. The van der Waals surface area contributed by atoms with E-state index >= 15 is 0 Å². The zero-order valence-electron chi connectivity index (χ0n) is 6.65.